The molecular weight excluding hydrogens is 354 g/mol. The summed E-state index contributed by atoms with van der Waals surface area (Å²) < 4.78 is 6.13. The van der Waals surface area contributed by atoms with Crippen molar-refractivity contribution < 1.29 is 4.74 Å². The van der Waals surface area contributed by atoms with E-state index in [2.05, 4.69) is 27.2 Å². The Morgan fingerprint density at radius 1 is 1.00 bits per heavy atom. The number of nitrogens with zero attached hydrogens (tertiary/aromatic N) is 2. The fourth-order valence-electron chi connectivity index (χ4n) is 3.33. The third-order valence-electron chi connectivity index (χ3n) is 4.67. The van der Waals surface area contributed by atoms with Gasteiger partial charge in [0.05, 0.1) is 0 Å². The van der Waals surface area contributed by atoms with Gasteiger partial charge in [0.2, 0.25) is 5.88 Å². The first-order chi connectivity index (χ1) is 13.3. The normalized spacial score (nSPS) is 19.4. The molecule has 0 amide bonds. The fourth-order valence-corrected chi connectivity index (χ4v) is 4.99. The molecule has 0 bridgehead atoms. The molecule has 0 saturated carbocycles. The molecule has 1 aromatic carbocycles. The van der Waals surface area contributed by atoms with Crippen LogP contribution in [0, 0.1) is 0 Å². The zero-order chi connectivity index (χ0) is 18.5. The van der Waals surface area contributed by atoms with Gasteiger partial charge in [-0.3, -0.25) is 0 Å². The Kier molecular flexibility index (Phi) is 5.49. The van der Waals surface area contributed by atoms with Crippen molar-refractivity contribution in [2.75, 3.05) is 16.8 Å². The van der Waals surface area contributed by atoms with Crippen LogP contribution >= 0.6 is 10.5 Å². The van der Waals surface area contributed by atoms with Crippen LogP contribution in [-0.4, -0.2) is 27.3 Å². The molecule has 138 valence electrons. The summed E-state index contributed by atoms with van der Waals surface area (Å²) in [5.74, 6) is 9.48. The molecule has 1 N–H and O–H groups in total. The molecule has 0 radical (unpaired) electrons. The van der Waals surface area contributed by atoms with E-state index < -0.39 is 0 Å². The van der Waals surface area contributed by atoms with Gasteiger partial charge in [0, 0.05) is 23.6 Å². The van der Waals surface area contributed by atoms with Crippen molar-refractivity contribution >= 4 is 27.9 Å². The number of hydrogen-bond donors (Lipinski definition) is 1. The van der Waals surface area contributed by atoms with Crippen LogP contribution in [0.15, 0.2) is 67.0 Å². The highest BCUT2D eigenvalue weighted by atomic mass is 32.2. The van der Waals surface area contributed by atoms with Gasteiger partial charge in [0.1, 0.15) is 11.6 Å². The van der Waals surface area contributed by atoms with E-state index in [0.717, 1.165) is 23.0 Å². The minimum absolute atomic E-state index is 0.254. The molecule has 1 aliphatic rings. The molecule has 1 aliphatic heterocycles. The summed E-state index contributed by atoms with van der Waals surface area (Å²) >= 11 is 0. The van der Waals surface area contributed by atoms with E-state index in [1.54, 1.807) is 12.4 Å². The van der Waals surface area contributed by atoms with Crippen LogP contribution in [0.4, 0.5) is 11.5 Å². The van der Waals surface area contributed by atoms with Crippen molar-refractivity contribution in [2.24, 2.45) is 0 Å². The number of rotatable bonds is 5. The lowest BCUT2D eigenvalue weighted by molar-refractivity contribution is 0.449. The van der Waals surface area contributed by atoms with Gasteiger partial charge >= 0.3 is 0 Å². The van der Waals surface area contributed by atoms with E-state index in [4.69, 9.17) is 4.74 Å². The maximum atomic E-state index is 6.13. The van der Waals surface area contributed by atoms with Crippen LogP contribution in [0.3, 0.4) is 0 Å². The third-order valence-corrected chi connectivity index (χ3v) is 6.41. The molecule has 4 rings (SSSR count). The number of ether oxygens (including phenoxy) is 1. The fraction of sp³-hybridized carbons (Fsp3) is 0.227. The van der Waals surface area contributed by atoms with E-state index in [0.29, 0.717) is 11.8 Å². The Balaban J connectivity index is 1.48. The first-order valence-electron chi connectivity index (χ1n) is 9.16. The average Bonchev–Trinajstić information content (AvgIpc) is 2.71. The van der Waals surface area contributed by atoms with E-state index in [1.807, 2.05) is 48.5 Å². The van der Waals surface area contributed by atoms with E-state index in [1.165, 1.54) is 24.2 Å². The highest BCUT2D eigenvalue weighted by molar-refractivity contribution is 8.14. The minimum atomic E-state index is 0.254. The first-order valence-corrected chi connectivity index (χ1v) is 10.9. The number of benzene rings is 1. The molecule has 3 aromatic rings. The molecule has 3 heterocycles. The summed E-state index contributed by atoms with van der Waals surface area (Å²) in [6.07, 6.45) is 5.99. The Hall–Kier alpha value is -2.66. The van der Waals surface area contributed by atoms with Gasteiger partial charge in [0.25, 0.3) is 0 Å². The quantitative estimate of drug-likeness (QED) is 0.589. The Morgan fingerprint density at radius 3 is 2.63 bits per heavy atom. The lowest BCUT2D eigenvalue weighted by Crippen LogP contribution is -2.12. The predicted molar refractivity (Wildman–Crippen MR) is 115 cm³/mol. The van der Waals surface area contributed by atoms with Crippen molar-refractivity contribution in [3.8, 4) is 11.6 Å². The van der Waals surface area contributed by atoms with Crippen molar-refractivity contribution in [1.82, 2.24) is 9.97 Å². The topological polar surface area (TPSA) is 47.0 Å². The van der Waals surface area contributed by atoms with Crippen molar-refractivity contribution in [3.63, 3.8) is 0 Å². The summed E-state index contributed by atoms with van der Waals surface area (Å²) in [5, 5.41) is 3.27. The monoisotopic (exact) mass is 377 g/mol. The standard InChI is InChI=1S/C22H23N3OS/c1-27-15-5-6-17(16-27)20-7-4-14-24-22(20)26-19-11-9-18(10-12-19)25-21-8-2-3-13-23-21/h2-4,7-14,17H,1,5-6,15-16H2,(H,23,25)/t17-,27?/m0/s1. The first kappa shape index (κ1) is 17.7. The second kappa shape index (κ2) is 8.35. The number of hydrogen-bond acceptors (Lipinski definition) is 4. The average molecular weight is 378 g/mol. The minimum Gasteiger partial charge on any atom is -0.439 e. The maximum Gasteiger partial charge on any atom is 0.222 e. The number of nitrogens with one attached hydrogen (secondary N) is 1. The molecule has 0 spiro atoms. The van der Waals surface area contributed by atoms with Crippen LogP contribution in [0.1, 0.15) is 24.3 Å². The maximum absolute atomic E-state index is 6.13. The molecule has 0 aliphatic carbocycles. The highest BCUT2D eigenvalue weighted by Crippen LogP contribution is 2.38. The lowest BCUT2D eigenvalue weighted by atomic mass is 9.97. The van der Waals surface area contributed by atoms with Gasteiger partial charge in [-0.25, -0.2) is 9.97 Å². The summed E-state index contributed by atoms with van der Waals surface area (Å²) in [4.78, 5) is 8.78. The Labute approximate surface area is 162 Å². The van der Waals surface area contributed by atoms with Crippen LogP contribution in [0.2, 0.25) is 0 Å². The zero-order valence-electron chi connectivity index (χ0n) is 15.2. The molecule has 1 saturated heterocycles. The van der Waals surface area contributed by atoms with Crippen LogP contribution in [0.5, 0.6) is 11.6 Å². The SMILES string of the molecule is C=S1CCC[C@H](c2cccnc2Oc2ccc(Nc3ccccn3)cc2)C1. The summed E-state index contributed by atoms with van der Waals surface area (Å²) in [6, 6.07) is 17.8. The molecule has 1 fully saturated rings. The van der Waals surface area contributed by atoms with Crippen molar-refractivity contribution in [2.45, 2.75) is 18.8 Å². The second-order valence-electron chi connectivity index (χ2n) is 6.69. The molecule has 27 heavy (non-hydrogen) atoms. The molecule has 5 heteroatoms. The summed E-state index contributed by atoms with van der Waals surface area (Å²) in [5.41, 5.74) is 2.17. The van der Waals surface area contributed by atoms with Crippen LogP contribution in [-0.2, 0) is 0 Å². The van der Waals surface area contributed by atoms with Gasteiger partial charge in [-0.2, -0.15) is 10.5 Å². The smallest absolute Gasteiger partial charge is 0.222 e. The second-order valence-corrected chi connectivity index (χ2v) is 8.65. The van der Waals surface area contributed by atoms with Crippen LogP contribution in [0.25, 0.3) is 0 Å². The Morgan fingerprint density at radius 2 is 1.85 bits per heavy atom. The van der Waals surface area contributed by atoms with Gasteiger partial charge in [-0.15, -0.1) is 0 Å². The van der Waals surface area contributed by atoms with E-state index >= 15 is 0 Å². The van der Waals surface area contributed by atoms with Gasteiger partial charge < -0.3 is 10.1 Å². The van der Waals surface area contributed by atoms with Crippen molar-refractivity contribution in [1.29, 1.82) is 0 Å². The number of anilines is 2. The number of aromatic nitrogens is 2. The summed E-state index contributed by atoms with van der Waals surface area (Å²) in [7, 11) is 0.254. The molecule has 4 nitrogen and oxygen atoms in total. The third kappa shape index (κ3) is 4.55. The lowest BCUT2D eigenvalue weighted by Gasteiger charge is -2.25. The predicted octanol–water partition coefficient (Wildman–Crippen LogP) is 5.59. The summed E-state index contributed by atoms with van der Waals surface area (Å²) in [6.45, 7) is 0. The highest BCUT2D eigenvalue weighted by Gasteiger charge is 2.21. The number of pyridine rings is 2. The van der Waals surface area contributed by atoms with Gasteiger partial charge in [0.15, 0.2) is 0 Å². The largest absolute Gasteiger partial charge is 0.439 e. The molecule has 1 unspecified atom stereocenters. The van der Waals surface area contributed by atoms with Gasteiger partial charge in [-0.05, 0) is 72.7 Å². The van der Waals surface area contributed by atoms with Crippen LogP contribution < -0.4 is 10.1 Å². The molecule has 2 atom stereocenters. The molecule has 2 aromatic heterocycles. The van der Waals surface area contributed by atoms with Gasteiger partial charge in [-0.1, -0.05) is 18.0 Å². The van der Waals surface area contributed by atoms with Crippen molar-refractivity contribution in [3.05, 3.63) is 72.6 Å². The van der Waals surface area contributed by atoms with E-state index in [9.17, 15) is 0 Å². The Bertz CT molecular complexity index is 912. The van der Waals surface area contributed by atoms with E-state index in [-0.39, 0.29) is 10.5 Å². The zero-order valence-corrected chi connectivity index (χ0v) is 16.0. The molecular formula is C22H23N3OS.